The van der Waals surface area contributed by atoms with Crippen LogP contribution in [0.25, 0.3) is 6.08 Å². The molecule has 1 N–H and O–H groups in total. The molecule has 1 aliphatic heterocycles. The van der Waals surface area contributed by atoms with Crippen molar-refractivity contribution in [3.05, 3.63) is 40.6 Å². The van der Waals surface area contributed by atoms with Gasteiger partial charge in [-0.25, -0.2) is 4.39 Å². The van der Waals surface area contributed by atoms with Crippen LogP contribution in [0.5, 0.6) is 0 Å². The van der Waals surface area contributed by atoms with Crippen LogP contribution in [0.2, 0.25) is 0 Å². The fraction of sp³-hybridized carbons (Fsp3) is 0.0833. The molecule has 19 heavy (non-hydrogen) atoms. The Labute approximate surface area is 111 Å². The van der Waals surface area contributed by atoms with Crippen LogP contribution in [0.1, 0.15) is 5.56 Å². The molecule has 1 aliphatic rings. The number of carboxylic acids is 1. The third-order valence-electron chi connectivity index (χ3n) is 2.33. The minimum Gasteiger partial charge on any atom is -0.480 e. The van der Waals surface area contributed by atoms with Gasteiger partial charge in [-0.2, -0.15) is 0 Å². The highest BCUT2D eigenvalue weighted by Crippen LogP contribution is 2.31. The maximum atomic E-state index is 12.7. The Hall–Kier alpha value is -2.15. The summed E-state index contributed by atoms with van der Waals surface area (Å²) in [5.41, 5.74) is 0.558. The lowest BCUT2D eigenvalue weighted by Crippen LogP contribution is -2.33. The number of hydrogen-bond acceptors (Lipinski definition) is 4. The van der Waals surface area contributed by atoms with Gasteiger partial charge in [-0.1, -0.05) is 12.1 Å². The Morgan fingerprint density at radius 3 is 2.53 bits per heavy atom. The summed E-state index contributed by atoms with van der Waals surface area (Å²) < 4.78 is 12.7. The summed E-state index contributed by atoms with van der Waals surface area (Å²) in [6.45, 7) is -0.661. The Kier molecular flexibility index (Phi) is 3.66. The molecular weight excluding hydrogens is 273 g/mol. The van der Waals surface area contributed by atoms with Crippen LogP contribution in [0, 0.1) is 5.82 Å². The van der Waals surface area contributed by atoms with E-state index in [-0.39, 0.29) is 4.91 Å². The molecule has 0 bridgehead atoms. The predicted octanol–water partition coefficient (Wildman–Crippen LogP) is 1.95. The van der Waals surface area contributed by atoms with Gasteiger partial charge in [0.25, 0.3) is 11.1 Å². The van der Waals surface area contributed by atoms with E-state index in [2.05, 4.69) is 0 Å². The van der Waals surface area contributed by atoms with Gasteiger partial charge in [-0.3, -0.25) is 19.3 Å². The van der Waals surface area contributed by atoms with Crippen molar-refractivity contribution < 1.29 is 23.9 Å². The summed E-state index contributed by atoms with van der Waals surface area (Å²) >= 11 is 0.664. The van der Waals surface area contributed by atoms with E-state index >= 15 is 0 Å². The minimum absolute atomic E-state index is 0.123. The number of amides is 2. The van der Waals surface area contributed by atoms with Gasteiger partial charge in [0.15, 0.2) is 0 Å². The average Bonchev–Trinajstić information content (AvgIpc) is 2.60. The Morgan fingerprint density at radius 2 is 1.95 bits per heavy atom. The molecule has 0 atom stereocenters. The Bertz CT molecular complexity index is 582. The van der Waals surface area contributed by atoms with Gasteiger partial charge in [0.05, 0.1) is 4.91 Å². The summed E-state index contributed by atoms with van der Waals surface area (Å²) in [6.07, 6.45) is 1.42. The van der Waals surface area contributed by atoms with E-state index in [1.165, 1.54) is 30.3 Å². The molecule has 1 aromatic rings. The molecule has 0 aliphatic carbocycles. The van der Waals surface area contributed by atoms with Crippen molar-refractivity contribution in [3.8, 4) is 0 Å². The number of carboxylic acid groups (broad SMARTS) is 1. The minimum atomic E-state index is -1.26. The molecule has 98 valence electrons. The van der Waals surface area contributed by atoms with Crippen molar-refractivity contribution in [2.75, 3.05) is 6.54 Å². The van der Waals surface area contributed by atoms with Crippen LogP contribution < -0.4 is 0 Å². The second-order valence-corrected chi connectivity index (χ2v) is 4.71. The van der Waals surface area contributed by atoms with Crippen molar-refractivity contribution in [1.29, 1.82) is 0 Å². The summed E-state index contributed by atoms with van der Waals surface area (Å²) in [6, 6.07) is 5.38. The van der Waals surface area contributed by atoms with Crippen LogP contribution in [0.3, 0.4) is 0 Å². The van der Waals surface area contributed by atoms with E-state index < -0.39 is 29.5 Å². The Morgan fingerprint density at radius 1 is 1.32 bits per heavy atom. The zero-order valence-electron chi connectivity index (χ0n) is 9.50. The molecule has 2 amide bonds. The molecule has 0 saturated carbocycles. The summed E-state index contributed by atoms with van der Waals surface area (Å²) in [5, 5.41) is 7.98. The third kappa shape index (κ3) is 3.00. The van der Waals surface area contributed by atoms with Crippen LogP contribution in [0.15, 0.2) is 29.2 Å². The Balaban J connectivity index is 2.23. The van der Waals surface area contributed by atoms with Gasteiger partial charge in [-0.05, 0) is 35.5 Å². The lowest BCUT2D eigenvalue weighted by molar-refractivity contribution is -0.140. The first-order valence-corrected chi connectivity index (χ1v) is 6.02. The van der Waals surface area contributed by atoms with Gasteiger partial charge in [0.1, 0.15) is 12.4 Å². The molecule has 1 aromatic carbocycles. The van der Waals surface area contributed by atoms with E-state index in [1.807, 2.05) is 0 Å². The number of halogens is 1. The molecule has 1 saturated heterocycles. The zero-order valence-corrected chi connectivity index (χ0v) is 10.3. The molecule has 0 unspecified atom stereocenters. The number of carbonyl (C=O) groups excluding carboxylic acids is 2. The largest absolute Gasteiger partial charge is 0.480 e. The number of rotatable bonds is 3. The van der Waals surface area contributed by atoms with E-state index in [0.29, 0.717) is 22.2 Å². The second-order valence-electron chi connectivity index (χ2n) is 3.71. The summed E-state index contributed by atoms with van der Waals surface area (Å²) in [4.78, 5) is 34.6. The molecule has 1 heterocycles. The van der Waals surface area contributed by atoms with Gasteiger partial charge < -0.3 is 5.11 Å². The first kappa shape index (κ1) is 13.3. The van der Waals surface area contributed by atoms with Gasteiger partial charge in [-0.15, -0.1) is 0 Å². The first-order chi connectivity index (χ1) is 8.97. The van der Waals surface area contributed by atoms with Crippen molar-refractivity contribution in [2.45, 2.75) is 0 Å². The average molecular weight is 281 g/mol. The maximum absolute atomic E-state index is 12.7. The van der Waals surface area contributed by atoms with Crippen LogP contribution in [-0.2, 0) is 9.59 Å². The second kappa shape index (κ2) is 5.23. The van der Waals surface area contributed by atoms with E-state index in [4.69, 9.17) is 5.11 Å². The van der Waals surface area contributed by atoms with Crippen LogP contribution >= 0.6 is 11.8 Å². The van der Waals surface area contributed by atoms with E-state index in [0.717, 1.165) is 0 Å². The highest BCUT2D eigenvalue weighted by molar-refractivity contribution is 8.18. The molecule has 7 heteroatoms. The molecule has 2 rings (SSSR count). The highest BCUT2D eigenvalue weighted by atomic mass is 32.2. The van der Waals surface area contributed by atoms with Gasteiger partial charge in [0, 0.05) is 0 Å². The fourth-order valence-electron chi connectivity index (χ4n) is 1.48. The predicted molar refractivity (Wildman–Crippen MR) is 66.7 cm³/mol. The quantitative estimate of drug-likeness (QED) is 0.857. The third-order valence-corrected chi connectivity index (χ3v) is 3.24. The molecular formula is C12H8FNO4S. The zero-order chi connectivity index (χ0) is 14.0. The number of nitrogens with zero attached hydrogens (tertiary/aromatic N) is 1. The maximum Gasteiger partial charge on any atom is 0.323 e. The normalized spacial score (nSPS) is 17.3. The lowest BCUT2D eigenvalue weighted by Gasteiger charge is -2.07. The lowest BCUT2D eigenvalue weighted by atomic mass is 10.2. The summed E-state index contributed by atoms with van der Waals surface area (Å²) in [5.74, 6) is -2.32. The first-order valence-electron chi connectivity index (χ1n) is 5.20. The van der Waals surface area contributed by atoms with Crippen molar-refractivity contribution in [1.82, 2.24) is 4.90 Å². The monoisotopic (exact) mass is 281 g/mol. The number of carbonyl (C=O) groups is 3. The number of imide groups is 1. The van der Waals surface area contributed by atoms with Crippen molar-refractivity contribution >= 4 is 35.0 Å². The molecule has 0 radical (unpaired) electrons. The van der Waals surface area contributed by atoms with E-state index in [1.54, 1.807) is 0 Å². The number of hydrogen-bond donors (Lipinski definition) is 1. The van der Waals surface area contributed by atoms with Crippen molar-refractivity contribution in [3.63, 3.8) is 0 Å². The van der Waals surface area contributed by atoms with Gasteiger partial charge in [0.2, 0.25) is 0 Å². The van der Waals surface area contributed by atoms with Gasteiger partial charge >= 0.3 is 5.97 Å². The number of benzene rings is 1. The highest BCUT2D eigenvalue weighted by Gasteiger charge is 2.36. The smallest absolute Gasteiger partial charge is 0.323 e. The van der Waals surface area contributed by atoms with Crippen LogP contribution in [0.4, 0.5) is 9.18 Å². The molecule has 0 aromatic heterocycles. The van der Waals surface area contributed by atoms with Crippen LogP contribution in [-0.4, -0.2) is 33.7 Å². The molecule has 0 spiro atoms. The fourth-order valence-corrected chi connectivity index (χ4v) is 2.32. The number of aliphatic carboxylic acids is 1. The van der Waals surface area contributed by atoms with Crippen molar-refractivity contribution in [2.24, 2.45) is 0 Å². The standard InChI is InChI=1S/C12H8FNO4S/c13-8-3-1-7(2-4-8)5-9-11(17)14(6-10(15)16)12(18)19-9/h1-5H,6H2,(H,15,16)/b9-5+. The topological polar surface area (TPSA) is 74.7 Å². The molecule has 1 fully saturated rings. The summed E-state index contributed by atoms with van der Waals surface area (Å²) in [7, 11) is 0. The number of thioether (sulfide) groups is 1. The molecule has 5 nitrogen and oxygen atoms in total. The SMILES string of the molecule is O=C(O)CN1C(=O)S/C(=C/c2ccc(F)cc2)C1=O. The van der Waals surface area contributed by atoms with E-state index in [9.17, 15) is 18.8 Å².